The summed E-state index contributed by atoms with van der Waals surface area (Å²) >= 11 is 1.92. The number of methoxy groups -OCH3 is 1. The Labute approximate surface area is 88.8 Å². The molecule has 3 N–H and O–H groups in total. The number of halogens is 1. The van der Waals surface area contributed by atoms with E-state index in [1.807, 2.05) is 22.6 Å². The maximum atomic E-state index is 10.7. The minimum absolute atomic E-state index is 0.193. The van der Waals surface area contributed by atoms with Gasteiger partial charge in [-0.25, -0.2) is 4.79 Å². The molecular weight excluding hydrogens is 285 g/mol. The molecule has 1 aromatic carbocycles. The Hall–Kier alpha value is -0.980. The molecule has 5 heteroatoms. The van der Waals surface area contributed by atoms with Gasteiger partial charge in [-0.2, -0.15) is 0 Å². The van der Waals surface area contributed by atoms with Gasteiger partial charge in [-0.1, -0.05) is 0 Å². The van der Waals surface area contributed by atoms with Crippen LogP contribution in [-0.2, 0) is 0 Å². The Morgan fingerprint density at radius 1 is 1.62 bits per heavy atom. The average Bonchev–Trinajstić information content (AvgIpc) is 2.07. The molecule has 0 aromatic heterocycles. The van der Waals surface area contributed by atoms with Crippen LogP contribution in [0.15, 0.2) is 12.1 Å². The molecule has 0 heterocycles. The summed E-state index contributed by atoms with van der Waals surface area (Å²) in [5.74, 6) is -0.492. The third-order valence-corrected chi connectivity index (χ3v) is 2.44. The van der Waals surface area contributed by atoms with Gasteiger partial charge in [0.15, 0.2) is 0 Å². The maximum Gasteiger partial charge on any atom is 0.336 e. The number of nitrogen functional groups attached to an aromatic ring is 1. The summed E-state index contributed by atoms with van der Waals surface area (Å²) in [5, 5.41) is 8.75. The van der Waals surface area contributed by atoms with Crippen molar-refractivity contribution in [1.29, 1.82) is 0 Å². The first-order chi connectivity index (χ1) is 6.06. The zero-order chi connectivity index (χ0) is 10.0. The van der Waals surface area contributed by atoms with Gasteiger partial charge in [0.1, 0.15) is 5.75 Å². The van der Waals surface area contributed by atoms with Gasteiger partial charge in [0, 0.05) is 3.57 Å². The van der Waals surface area contributed by atoms with Gasteiger partial charge in [-0.3, -0.25) is 0 Å². The molecule has 70 valence electrons. The number of benzene rings is 1. The van der Waals surface area contributed by atoms with E-state index in [2.05, 4.69) is 0 Å². The van der Waals surface area contributed by atoms with Crippen LogP contribution in [0, 0.1) is 3.57 Å². The third kappa shape index (κ3) is 2.03. The molecule has 13 heavy (non-hydrogen) atoms. The number of ether oxygens (including phenoxy) is 1. The lowest BCUT2D eigenvalue weighted by Crippen LogP contribution is -2.02. The lowest BCUT2D eigenvalue weighted by atomic mass is 10.2. The van der Waals surface area contributed by atoms with Crippen molar-refractivity contribution in [3.8, 4) is 5.75 Å². The number of hydrogen-bond donors (Lipinski definition) is 2. The molecule has 1 aromatic rings. The van der Waals surface area contributed by atoms with Crippen LogP contribution in [-0.4, -0.2) is 18.2 Å². The van der Waals surface area contributed by atoms with Crippen LogP contribution in [0.1, 0.15) is 10.4 Å². The van der Waals surface area contributed by atoms with E-state index in [-0.39, 0.29) is 5.56 Å². The largest absolute Gasteiger partial charge is 0.495 e. The highest BCUT2D eigenvalue weighted by Crippen LogP contribution is 2.26. The van der Waals surface area contributed by atoms with E-state index < -0.39 is 5.97 Å². The van der Waals surface area contributed by atoms with Gasteiger partial charge in [-0.15, -0.1) is 0 Å². The molecule has 0 aliphatic heterocycles. The second-order valence-electron chi connectivity index (χ2n) is 2.38. The topological polar surface area (TPSA) is 72.5 Å². The molecule has 0 aliphatic carbocycles. The maximum absolute atomic E-state index is 10.7. The number of nitrogens with two attached hydrogens (primary N) is 1. The summed E-state index contributed by atoms with van der Waals surface area (Å²) in [6.45, 7) is 0. The fraction of sp³-hybridized carbons (Fsp3) is 0.125. The Morgan fingerprint density at radius 2 is 2.23 bits per heavy atom. The van der Waals surface area contributed by atoms with Crippen LogP contribution in [0.3, 0.4) is 0 Å². The van der Waals surface area contributed by atoms with Gasteiger partial charge in [0.05, 0.1) is 18.4 Å². The predicted molar refractivity (Wildman–Crippen MR) is 57.1 cm³/mol. The van der Waals surface area contributed by atoms with Gasteiger partial charge < -0.3 is 15.6 Å². The van der Waals surface area contributed by atoms with Crippen molar-refractivity contribution in [3.05, 3.63) is 21.3 Å². The van der Waals surface area contributed by atoms with Crippen molar-refractivity contribution in [2.45, 2.75) is 0 Å². The average molecular weight is 293 g/mol. The molecule has 4 nitrogen and oxygen atoms in total. The first-order valence-electron chi connectivity index (χ1n) is 3.42. The van der Waals surface area contributed by atoms with Crippen LogP contribution < -0.4 is 10.5 Å². The predicted octanol–water partition coefficient (Wildman–Crippen LogP) is 1.58. The Bertz CT molecular complexity index is 351. The van der Waals surface area contributed by atoms with Gasteiger partial charge in [0.2, 0.25) is 0 Å². The minimum atomic E-state index is -0.987. The normalized spacial score (nSPS) is 9.69. The second kappa shape index (κ2) is 3.82. The SMILES string of the molecule is COc1cc(I)c(C(=O)O)cc1N. The molecule has 0 saturated carbocycles. The number of carboxylic acids is 1. The fourth-order valence-electron chi connectivity index (χ4n) is 0.912. The fourth-order valence-corrected chi connectivity index (χ4v) is 1.58. The minimum Gasteiger partial charge on any atom is -0.495 e. The van der Waals surface area contributed by atoms with E-state index >= 15 is 0 Å². The van der Waals surface area contributed by atoms with E-state index in [9.17, 15) is 4.79 Å². The van der Waals surface area contributed by atoms with Crippen molar-refractivity contribution < 1.29 is 14.6 Å². The number of carbonyl (C=O) groups is 1. The zero-order valence-corrected chi connectivity index (χ0v) is 9.03. The van der Waals surface area contributed by atoms with E-state index in [0.29, 0.717) is 15.0 Å². The third-order valence-electron chi connectivity index (χ3n) is 1.55. The number of hydrogen-bond acceptors (Lipinski definition) is 3. The monoisotopic (exact) mass is 293 g/mol. The molecule has 0 radical (unpaired) electrons. The van der Waals surface area contributed by atoms with E-state index in [1.165, 1.54) is 13.2 Å². The second-order valence-corrected chi connectivity index (χ2v) is 3.54. The van der Waals surface area contributed by atoms with Gasteiger partial charge in [-0.05, 0) is 34.7 Å². The first-order valence-corrected chi connectivity index (χ1v) is 4.50. The van der Waals surface area contributed by atoms with E-state index in [0.717, 1.165) is 0 Å². The number of rotatable bonds is 2. The molecule has 0 fully saturated rings. The molecule has 0 aliphatic rings. The quantitative estimate of drug-likeness (QED) is 0.641. The van der Waals surface area contributed by atoms with Crippen molar-refractivity contribution in [3.63, 3.8) is 0 Å². The summed E-state index contributed by atoms with van der Waals surface area (Å²) in [6.07, 6.45) is 0. The lowest BCUT2D eigenvalue weighted by Gasteiger charge is -2.06. The Balaban J connectivity index is 3.28. The van der Waals surface area contributed by atoms with Crippen LogP contribution in [0.25, 0.3) is 0 Å². The summed E-state index contributed by atoms with van der Waals surface area (Å²) < 4.78 is 5.55. The Kier molecular flexibility index (Phi) is 2.97. The summed E-state index contributed by atoms with van der Waals surface area (Å²) in [5.41, 5.74) is 6.07. The molecule has 0 saturated heterocycles. The summed E-state index contributed by atoms with van der Waals surface area (Å²) in [4.78, 5) is 10.7. The molecule has 0 spiro atoms. The zero-order valence-electron chi connectivity index (χ0n) is 6.87. The molecule has 0 bridgehead atoms. The molecule has 0 atom stereocenters. The van der Waals surface area contributed by atoms with E-state index in [1.54, 1.807) is 6.07 Å². The van der Waals surface area contributed by atoms with Crippen molar-refractivity contribution in [1.82, 2.24) is 0 Å². The lowest BCUT2D eigenvalue weighted by molar-refractivity contribution is 0.0696. The van der Waals surface area contributed by atoms with Crippen LogP contribution in [0.5, 0.6) is 5.75 Å². The number of aromatic carboxylic acids is 1. The smallest absolute Gasteiger partial charge is 0.336 e. The standard InChI is InChI=1S/C8H8INO3/c1-13-7-3-5(9)4(8(11)12)2-6(7)10/h2-3H,10H2,1H3,(H,11,12). The summed E-state index contributed by atoms with van der Waals surface area (Å²) in [7, 11) is 1.49. The van der Waals surface area contributed by atoms with Crippen molar-refractivity contribution >= 4 is 34.2 Å². The van der Waals surface area contributed by atoms with Crippen LogP contribution in [0.2, 0.25) is 0 Å². The van der Waals surface area contributed by atoms with E-state index in [4.69, 9.17) is 15.6 Å². The molecule has 0 amide bonds. The molecular formula is C8H8INO3. The molecule has 1 rings (SSSR count). The van der Waals surface area contributed by atoms with Crippen LogP contribution >= 0.6 is 22.6 Å². The van der Waals surface area contributed by atoms with Crippen molar-refractivity contribution in [2.24, 2.45) is 0 Å². The Morgan fingerprint density at radius 3 is 2.69 bits per heavy atom. The van der Waals surface area contributed by atoms with Gasteiger partial charge >= 0.3 is 5.97 Å². The van der Waals surface area contributed by atoms with Gasteiger partial charge in [0.25, 0.3) is 0 Å². The van der Waals surface area contributed by atoms with Crippen molar-refractivity contribution in [2.75, 3.05) is 12.8 Å². The molecule has 0 unspecified atom stereocenters. The highest BCUT2D eigenvalue weighted by molar-refractivity contribution is 14.1. The van der Waals surface area contributed by atoms with Crippen LogP contribution in [0.4, 0.5) is 5.69 Å². The highest BCUT2D eigenvalue weighted by Gasteiger charge is 2.11. The first kappa shape index (κ1) is 10.1. The highest BCUT2D eigenvalue weighted by atomic mass is 127. The number of carboxylic acid groups (broad SMARTS) is 1. The summed E-state index contributed by atoms with van der Waals surface area (Å²) in [6, 6.07) is 2.99. The number of anilines is 1.